The number of rotatable bonds is 5. The number of aryl methyl sites for hydroxylation is 1. The van der Waals surface area contributed by atoms with Crippen LogP contribution in [-0.2, 0) is 11.3 Å². The zero-order valence-electron chi connectivity index (χ0n) is 14.0. The Morgan fingerprint density at radius 3 is 2.77 bits per heavy atom. The lowest BCUT2D eigenvalue weighted by Gasteiger charge is -2.16. The van der Waals surface area contributed by atoms with Crippen molar-refractivity contribution in [3.63, 3.8) is 0 Å². The molecule has 9 nitrogen and oxygen atoms in total. The number of imidazole rings is 1. The fourth-order valence-electron chi connectivity index (χ4n) is 3.03. The molecule has 3 aromatic rings. The summed E-state index contributed by atoms with van der Waals surface area (Å²) in [6.45, 7) is 2.29. The number of nitrogens with one attached hydrogen (secondary N) is 1. The quantitative estimate of drug-likeness (QED) is 0.504. The number of thiophene rings is 1. The molecule has 4 atom stereocenters. The molecule has 4 N–H and O–H groups in total. The molecular formula is C16H19N5O4S. The summed E-state index contributed by atoms with van der Waals surface area (Å²) >= 11 is 1.71. The van der Waals surface area contributed by atoms with Crippen molar-refractivity contribution in [2.24, 2.45) is 0 Å². The zero-order chi connectivity index (χ0) is 18.3. The van der Waals surface area contributed by atoms with Gasteiger partial charge in [-0.1, -0.05) is 0 Å². The summed E-state index contributed by atoms with van der Waals surface area (Å²) in [6.07, 6.45) is -1.21. The smallest absolute Gasteiger partial charge is 0.167 e. The van der Waals surface area contributed by atoms with Crippen LogP contribution in [-0.4, -0.2) is 59.8 Å². The first kappa shape index (κ1) is 17.3. The molecule has 0 amide bonds. The van der Waals surface area contributed by atoms with E-state index in [2.05, 4.69) is 39.3 Å². The van der Waals surface area contributed by atoms with Gasteiger partial charge in [-0.25, -0.2) is 15.0 Å². The maximum atomic E-state index is 10.2. The highest BCUT2D eigenvalue weighted by atomic mass is 32.1. The van der Waals surface area contributed by atoms with Gasteiger partial charge in [-0.05, 0) is 19.1 Å². The minimum absolute atomic E-state index is 0.386. The van der Waals surface area contributed by atoms with Crippen molar-refractivity contribution in [1.29, 1.82) is 0 Å². The average Bonchev–Trinajstić information content (AvgIpc) is 3.32. The lowest BCUT2D eigenvalue weighted by molar-refractivity contribution is -0.0511. The van der Waals surface area contributed by atoms with Crippen LogP contribution in [0.25, 0.3) is 11.2 Å². The summed E-state index contributed by atoms with van der Waals surface area (Å²) in [5.41, 5.74) is 1.01. The highest BCUT2D eigenvalue weighted by Gasteiger charge is 2.44. The third-order valence-corrected chi connectivity index (χ3v) is 5.38. The van der Waals surface area contributed by atoms with E-state index < -0.39 is 24.5 Å². The largest absolute Gasteiger partial charge is 0.394 e. The van der Waals surface area contributed by atoms with Crippen LogP contribution in [0.4, 0.5) is 5.82 Å². The Balaban J connectivity index is 1.61. The second-order valence-corrected chi connectivity index (χ2v) is 7.51. The van der Waals surface area contributed by atoms with Crippen LogP contribution < -0.4 is 5.32 Å². The number of aliphatic hydroxyl groups is 3. The Morgan fingerprint density at radius 1 is 1.23 bits per heavy atom. The first-order chi connectivity index (χ1) is 12.6. The van der Waals surface area contributed by atoms with E-state index in [4.69, 9.17) is 4.74 Å². The number of nitrogens with zero attached hydrogens (tertiary/aromatic N) is 4. The number of aromatic nitrogens is 4. The topological polar surface area (TPSA) is 126 Å². The highest BCUT2D eigenvalue weighted by Crippen LogP contribution is 2.32. The van der Waals surface area contributed by atoms with Gasteiger partial charge in [-0.15, -0.1) is 11.3 Å². The molecule has 0 bridgehead atoms. The van der Waals surface area contributed by atoms with E-state index in [0.29, 0.717) is 23.5 Å². The van der Waals surface area contributed by atoms with Gasteiger partial charge in [0.1, 0.15) is 24.6 Å². The summed E-state index contributed by atoms with van der Waals surface area (Å²) in [6, 6.07) is 4.12. The van der Waals surface area contributed by atoms with Gasteiger partial charge >= 0.3 is 0 Å². The molecule has 3 aromatic heterocycles. The van der Waals surface area contributed by atoms with E-state index in [1.54, 1.807) is 15.9 Å². The summed E-state index contributed by atoms with van der Waals surface area (Å²) in [7, 11) is 0. The number of hydrogen-bond acceptors (Lipinski definition) is 9. The molecule has 26 heavy (non-hydrogen) atoms. The van der Waals surface area contributed by atoms with E-state index in [9.17, 15) is 15.3 Å². The van der Waals surface area contributed by atoms with E-state index in [1.807, 2.05) is 0 Å². The van der Waals surface area contributed by atoms with Gasteiger partial charge in [0.05, 0.1) is 19.5 Å². The van der Waals surface area contributed by atoms with Gasteiger partial charge in [0.25, 0.3) is 0 Å². The first-order valence-corrected chi connectivity index (χ1v) is 8.99. The van der Waals surface area contributed by atoms with E-state index >= 15 is 0 Å². The third kappa shape index (κ3) is 2.95. The molecule has 1 fully saturated rings. The summed E-state index contributed by atoms with van der Waals surface area (Å²) < 4.78 is 7.10. The Bertz CT molecular complexity index is 913. The molecule has 0 aliphatic carbocycles. The minimum atomic E-state index is -1.19. The van der Waals surface area contributed by atoms with E-state index in [1.165, 1.54) is 22.4 Å². The number of hydrogen-bond donors (Lipinski definition) is 4. The van der Waals surface area contributed by atoms with Crippen LogP contribution >= 0.6 is 11.3 Å². The molecule has 0 aromatic carbocycles. The van der Waals surface area contributed by atoms with Gasteiger partial charge in [0.15, 0.2) is 23.2 Å². The Labute approximate surface area is 152 Å². The lowest BCUT2D eigenvalue weighted by atomic mass is 10.1. The number of fused-ring (bicyclic) bond motifs is 1. The van der Waals surface area contributed by atoms with Crippen LogP contribution in [0.15, 0.2) is 24.8 Å². The van der Waals surface area contributed by atoms with Crippen LogP contribution in [0.3, 0.4) is 0 Å². The van der Waals surface area contributed by atoms with Crippen LogP contribution in [0.1, 0.15) is 16.0 Å². The molecule has 1 saturated heterocycles. The molecule has 0 spiro atoms. The fourth-order valence-corrected chi connectivity index (χ4v) is 3.86. The van der Waals surface area contributed by atoms with Crippen molar-refractivity contribution in [2.75, 3.05) is 11.9 Å². The Morgan fingerprint density at radius 2 is 2.08 bits per heavy atom. The van der Waals surface area contributed by atoms with Crippen molar-refractivity contribution < 1.29 is 20.1 Å². The van der Waals surface area contributed by atoms with Crippen LogP contribution in [0.2, 0.25) is 0 Å². The normalized spacial score (nSPS) is 25.8. The maximum absolute atomic E-state index is 10.2. The maximum Gasteiger partial charge on any atom is 0.167 e. The molecule has 1 aliphatic rings. The molecule has 10 heteroatoms. The predicted molar refractivity (Wildman–Crippen MR) is 94.7 cm³/mol. The first-order valence-electron chi connectivity index (χ1n) is 8.17. The van der Waals surface area contributed by atoms with Crippen molar-refractivity contribution in [3.8, 4) is 0 Å². The summed E-state index contributed by atoms with van der Waals surface area (Å²) in [5, 5.41) is 32.7. The second kappa shape index (κ2) is 6.89. The lowest BCUT2D eigenvalue weighted by Crippen LogP contribution is -2.33. The number of ether oxygens (including phenoxy) is 1. The van der Waals surface area contributed by atoms with E-state index in [0.717, 1.165) is 0 Å². The molecule has 4 heterocycles. The molecule has 4 rings (SSSR count). The van der Waals surface area contributed by atoms with Crippen molar-refractivity contribution >= 4 is 28.3 Å². The molecule has 0 radical (unpaired) electrons. The van der Waals surface area contributed by atoms with Gasteiger partial charge in [0, 0.05) is 9.75 Å². The van der Waals surface area contributed by atoms with Gasteiger partial charge < -0.3 is 25.4 Å². The van der Waals surface area contributed by atoms with Crippen molar-refractivity contribution in [3.05, 3.63) is 34.5 Å². The average molecular weight is 377 g/mol. The molecule has 0 saturated carbocycles. The summed E-state index contributed by atoms with van der Waals surface area (Å²) in [4.78, 5) is 15.2. The minimum Gasteiger partial charge on any atom is -0.394 e. The van der Waals surface area contributed by atoms with Crippen molar-refractivity contribution in [1.82, 2.24) is 19.5 Å². The Kier molecular flexibility index (Phi) is 4.59. The van der Waals surface area contributed by atoms with Gasteiger partial charge in [-0.3, -0.25) is 4.57 Å². The molecular weight excluding hydrogens is 358 g/mol. The second-order valence-electron chi connectivity index (χ2n) is 6.14. The van der Waals surface area contributed by atoms with E-state index in [-0.39, 0.29) is 6.61 Å². The molecule has 1 aliphatic heterocycles. The van der Waals surface area contributed by atoms with Gasteiger partial charge in [-0.2, -0.15) is 0 Å². The summed E-state index contributed by atoms with van der Waals surface area (Å²) in [5.74, 6) is 0.576. The SMILES string of the molecule is Cc1ccc(CNc2ncnc3c2ncn3[C@@H]2O[C@H](CO)C(O)[C@@H]2O)s1. The monoisotopic (exact) mass is 377 g/mol. The molecule has 1 unspecified atom stereocenters. The fraction of sp³-hybridized carbons (Fsp3) is 0.438. The van der Waals surface area contributed by atoms with Gasteiger partial charge in [0.2, 0.25) is 0 Å². The highest BCUT2D eigenvalue weighted by molar-refractivity contribution is 7.11. The zero-order valence-corrected chi connectivity index (χ0v) is 14.8. The third-order valence-electron chi connectivity index (χ3n) is 4.38. The molecule has 138 valence electrons. The predicted octanol–water partition coefficient (Wildman–Crippen LogP) is 0.420. The van der Waals surface area contributed by atoms with Crippen LogP contribution in [0.5, 0.6) is 0 Å². The standard InChI is InChI=1S/C16H19N5O4S/c1-8-2-3-9(26-8)4-17-14-11-15(19-6-18-14)21(7-20-11)16-13(24)12(23)10(5-22)25-16/h2-3,6-7,10,12-13,16,22-24H,4-5H2,1H3,(H,17,18,19)/t10-,12?,13+,16-/m1/s1. The Hall–Kier alpha value is -2.11. The number of anilines is 1. The van der Waals surface area contributed by atoms with Crippen molar-refractivity contribution in [2.45, 2.75) is 38.0 Å². The number of aliphatic hydroxyl groups excluding tert-OH is 3. The van der Waals surface area contributed by atoms with Crippen LogP contribution in [0, 0.1) is 6.92 Å².